The maximum absolute atomic E-state index is 6.54. The average Bonchev–Trinajstić information content (AvgIpc) is 3.42. The van der Waals surface area contributed by atoms with Gasteiger partial charge in [0.05, 0.1) is 32.6 Å². The zero-order valence-electron chi connectivity index (χ0n) is 22.7. The van der Waals surface area contributed by atoms with Crippen LogP contribution in [0.2, 0.25) is 0 Å². The highest BCUT2D eigenvalue weighted by Gasteiger charge is 2.41. The van der Waals surface area contributed by atoms with Gasteiger partial charge in [0.15, 0.2) is 0 Å². The summed E-state index contributed by atoms with van der Waals surface area (Å²) in [6.07, 6.45) is 7.99. The van der Waals surface area contributed by atoms with Crippen molar-refractivity contribution in [2.45, 2.75) is 64.1 Å². The molecule has 0 spiro atoms. The van der Waals surface area contributed by atoms with Crippen molar-refractivity contribution in [3.05, 3.63) is 83.4 Å². The highest BCUT2D eigenvalue weighted by Crippen LogP contribution is 2.48. The number of ether oxygens (including phenoxy) is 4. The molecule has 0 radical (unpaired) electrons. The first-order chi connectivity index (χ1) is 18.7. The van der Waals surface area contributed by atoms with Crippen LogP contribution in [0.1, 0.15) is 80.8 Å². The lowest BCUT2D eigenvalue weighted by molar-refractivity contribution is -0.0191. The molecule has 3 aromatic carbocycles. The average molecular weight is 515 g/mol. The summed E-state index contributed by atoms with van der Waals surface area (Å²) >= 11 is 0. The SMILES string of the molecule is CCCCCCCCOc1ccc([C@H]2Oc3ccc(OC)cc3[C@H]3CC(c4ccc(OC)cc4)=NN32)cc1. The van der Waals surface area contributed by atoms with Crippen LogP contribution < -0.4 is 18.9 Å². The van der Waals surface area contributed by atoms with E-state index in [0.29, 0.717) is 0 Å². The van der Waals surface area contributed by atoms with E-state index in [0.717, 1.165) is 64.8 Å². The number of fused-ring (bicyclic) bond motifs is 3. The van der Waals surface area contributed by atoms with Crippen molar-refractivity contribution in [1.82, 2.24) is 5.01 Å². The molecule has 0 fully saturated rings. The number of methoxy groups -OCH3 is 2. The summed E-state index contributed by atoms with van der Waals surface area (Å²) in [5, 5.41) is 7.16. The molecule has 200 valence electrons. The quantitative estimate of drug-likeness (QED) is 0.232. The van der Waals surface area contributed by atoms with Gasteiger partial charge >= 0.3 is 0 Å². The van der Waals surface area contributed by atoms with Crippen LogP contribution in [-0.4, -0.2) is 31.5 Å². The molecular formula is C32H38N2O4. The van der Waals surface area contributed by atoms with E-state index in [1.165, 1.54) is 32.1 Å². The molecule has 0 bridgehead atoms. The fourth-order valence-corrected chi connectivity index (χ4v) is 5.17. The Labute approximate surface area is 226 Å². The number of unbranched alkanes of at least 4 members (excludes halogenated alkanes) is 5. The lowest BCUT2D eigenvalue weighted by atomic mass is 9.95. The van der Waals surface area contributed by atoms with Crippen molar-refractivity contribution in [2.75, 3.05) is 20.8 Å². The molecule has 0 saturated heterocycles. The van der Waals surface area contributed by atoms with Gasteiger partial charge in [0.25, 0.3) is 0 Å². The molecule has 6 heteroatoms. The van der Waals surface area contributed by atoms with E-state index in [-0.39, 0.29) is 12.3 Å². The summed E-state index contributed by atoms with van der Waals surface area (Å²) in [5.74, 6) is 3.41. The lowest BCUT2D eigenvalue weighted by Gasteiger charge is -2.38. The van der Waals surface area contributed by atoms with Crippen LogP contribution in [-0.2, 0) is 0 Å². The number of hydrogen-bond donors (Lipinski definition) is 0. The van der Waals surface area contributed by atoms with E-state index in [1.54, 1.807) is 14.2 Å². The first-order valence-electron chi connectivity index (χ1n) is 13.8. The third kappa shape index (κ3) is 5.74. The Kier molecular flexibility index (Phi) is 8.37. The molecule has 0 unspecified atom stereocenters. The molecule has 3 aromatic rings. The predicted octanol–water partition coefficient (Wildman–Crippen LogP) is 7.69. The zero-order chi connectivity index (χ0) is 26.3. The maximum Gasteiger partial charge on any atom is 0.213 e. The molecule has 2 atom stereocenters. The molecule has 0 saturated carbocycles. The topological polar surface area (TPSA) is 52.5 Å². The minimum absolute atomic E-state index is 0.0552. The van der Waals surface area contributed by atoms with Crippen molar-refractivity contribution in [1.29, 1.82) is 0 Å². The Morgan fingerprint density at radius 1 is 0.816 bits per heavy atom. The Hall–Kier alpha value is -3.67. The largest absolute Gasteiger partial charge is 0.497 e. The fourth-order valence-electron chi connectivity index (χ4n) is 5.17. The van der Waals surface area contributed by atoms with Crippen molar-refractivity contribution in [3.63, 3.8) is 0 Å². The van der Waals surface area contributed by atoms with E-state index in [1.807, 2.05) is 36.4 Å². The standard InChI is InChI=1S/C32H38N2O4/c1-4-5-6-7-8-9-20-37-26-16-12-24(13-17-26)32-34-30(28-21-27(36-3)18-19-31(28)38-32)22-29(33-34)23-10-14-25(35-2)15-11-23/h10-19,21,30,32H,4-9,20,22H2,1-3H3/t30-,32-/m1/s1. The van der Waals surface area contributed by atoms with Crippen molar-refractivity contribution < 1.29 is 18.9 Å². The highest BCUT2D eigenvalue weighted by atomic mass is 16.5. The first kappa shape index (κ1) is 26.0. The minimum atomic E-state index is -0.329. The third-order valence-corrected chi connectivity index (χ3v) is 7.35. The van der Waals surface area contributed by atoms with Crippen molar-refractivity contribution in [2.24, 2.45) is 5.10 Å². The van der Waals surface area contributed by atoms with Crippen LogP contribution in [0.5, 0.6) is 23.0 Å². The van der Waals surface area contributed by atoms with Crippen LogP contribution in [0.4, 0.5) is 0 Å². The number of rotatable bonds is 12. The molecule has 2 heterocycles. The molecule has 5 rings (SSSR count). The second-order valence-corrected chi connectivity index (χ2v) is 9.93. The normalized spacial score (nSPS) is 17.8. The predicted molar refractivity (Wildman–Crippen MR) is 150 cm³/mol. The molecule has 6 nitrogen and oxygen atoms in total. The second-order valence-electron chi connectivity index (χ2n) is 9.93. The third-order valence-electron chi connectivity index (χ3n) is 7.35. The lowest BCUT2D eigenvalue weighted by Crippen LogP contribution is -2.33. The molecule has 38 heavy (non-hydrogen) atoms. The summed E-state index contributed by atoms with van der Waals surface area (Å²) in [6.45, 7) is 3.00. The van der Waals surface area contributed by atoms with Crippen LogP contribution in [0, 0.1) is 0 Å². The van der Waals surface area contributed by atoms with Gasteiger partial charge in [-0.2, -0.15) is 5.10 Å². The highest BCUT2D eigenvalue weighted by molar-refractivity contribution is 6.02. The van der Waals surface area contributed by atoms with Gasteiger partial charge in [0, 0.05) is 17.5 Å². The smallest absolute Gasteiger partial charge is 0.213 e. The number of hydrogen-bond acceptors (Lipinski definition) is 6. The molecule has 0 amide bonds. The molecule has 2 aliphatic rings. The zero-order valence-corrected chi connectivity index (χ0v) is 22.7. The Morgan fingerprint density at radius 2 is 1.50 bits per heavy atom. The summed E-state index contributed by atoms with van der Waals surface area (Å²) in [5.41, 5.74) is 4.25. The Bertz CT molecular complexity index is 1220. The molecule has 0 aromatic heterocycles. The molecule has 0 N–H and O–H groups in total. The fraction of sp³-hybridized carbons (Fsp3) is 0.406. The Morgan fingerprint density at radius 3 is 2.24 bits per heavy atom. The van der Waals surface area contributed by atoms with Crippen molar-refractivity contribution in [3.8, 4) is 23.0 Å². The minimum Gasteiger partial charge on any atom is -0.497 e. The Balaban J connectivity index is 1.33. The second kappa shape index (κ2) is 12.2. The summed E-state index contributed by atoms with van der Waals surface area (Å²) in [6, 6.07) is 22.4. The van der Waals surface area contributed by atoms with Gasteiger partial charge in [-0.25, -0.2) is 5.01 Å². The van der Waals surface area contributed by atoms with Crippen LogP contribution in [0.3, 0.4) is 0 Å². The summed E-state index contributed by atoms with van der Waals surface area (Å²) in [7, 11) is 3.37. The van der Waals surface area contributed by atoms with Gasteiger partial charge < -0.3 is 18.9 Å². The van der Waals surface area contributed by atoms with E-state index < -0.39 is 0 Å². The van der Waals surface area contributed by atoms with Crippen LogP contribution in [0.15, 0.2) is 71.8 Å². The maximum atomic E-state index is 6.54. The van der Waals surface area contributed by atoms with Gasteiger partial charge in [0.2, 0.25) is 6.23 Å². The van der Waals surface area contributed by atoms with Crippen LogP contribution in [0.25, 0.3) is 0 Å². The number of hydrazone groups is 1. The molecule has 0 aliphatic carbocycles. The van der Waals surface area contributed by atoms with Gasteiger partial charge in [-0.15, -0.1) is 0 Å². The number of nitrogens with zero attached hydrogens (tertiary/aromatic N) is 2. The van der Waals surface area contributed by atoms with Gasteiger partial charge in [-0.3, -0.25) is 0 Å². The van der Waals surface area contributed by atoms with Crippen LogP contribution >= 0.6 is 0 Å². The summed E-state index contributed by atoms with van der Waals surface area (Å²) < 4.78 is 23.4. The van der Waals surface area contributed by atoms with Gasteiger partial charge in [-0.1, -0.05) is 39.0 Å². The van der Waals surface area contributed by atoms with E-state index in [2.05, 4.69) is 42.3 Å². The molecule has 2 aliphatic heterocycles. The first-order valence-corrected chi connectivity index (χ1v) is 13.8. The monoisotopic (exact) mass is 514 g/mol. The van der Waals surface area contributed by atoms with Crippen molar-refractivity contribution >= 4 is 5.71 Å². The van der Waals surface area contributed by atoms with E-state index >= 15 is 0 Å². The number of benzene rings is 3. The van der Waals surface area contributed by atoms with E-state index in [9.17, 15) is 0 Å². The molecular weight excluding hydrogens is 476 g/mol. The van der Waals surface area contributed by atoms with Gasteiger partial charge in [0.1, 0.15) is 23.0 Å². The van der Waals surface area contributed by atoms with E-state index in [4.69, 9.17) is 24.0 Å². The van der Waals surface area contributed by atoms with Gasteiger partial charge in [-0.05, 0) is 78.7 Å². The summed E-state index contributed by atoms with van der Waals surface area (Å²) in [4.78, 5) is 0.